The lowest BCUT2D eigenvalue weighted by atomic mass is 9.87. The van der Waals surface area contributed by atoms with Gasteiger partial charge in [-0.25, -0.2) is 5.43 Å². The molecule has 0 aliphatic carbocycles. The molecule has 3 rings (SSSR count). The number of carbonyl (C=O) groups excluding carboxylic acids is 1. The van der Waals surface area contributed by atoms with Crippen LogP contribution in [0, 0.1) is 0 Å². The summed E-state index contributed by atoms with van der Waals surface area (Å²) >= 11 is 0. The van der Waals surface area contributed by atoms with Crippen molar-refractivity contribution in [2.45, 2.75) is 32.8 Å². The third kappa shape index (κ3) is 5.70. The molecule has 0 atom stereocenters. The van der Waals surface area contributed by atoms with E-state index in [1.165, 1.54) is 5.56 Å². The van der Waals surface area contributed by atoms with Crippen molar-refractivity contribution in [2.75, 3.05) is 5.73 Å². The van der Waals surface area contributed by atoms with E-state index < -0.39 is 0 Å². The molecule has 0 saturated heterocycles. The van der Waals surface area contributed by atoms with Gasteiger partial charge in [0.1, 0.15) is 12.4 Å². The zero-order valence-corrected chi connectivity index (χ0v) is 17.6. The number of benzene rings is 3. The van der Waals surface area contributed by atoms with E-state index in [0.29, 0.717) is 17.9 Å². The van der Waals surface area contributed by atoms with E-state index in [0.717, 1.165) is 16.9 Å². The summed E-state index contributed by atoms with van der Waals surface area (Å²) in [6.07, 6.45) is 1.58. The molecule has 0 unspecified atom stereocenters. The number of hydrogen-bond acceptors (Lipinski definition) is 4. The Labute approximate surface area is 177 Å². The second-order valence-electron chi connectivity index (χ2n) is 8.09. The predicted octanol–water partition coefficient (Wildman–Crippen LogP) is 4.91. The summed E-state index contributed by atoms with van der Waals surface area (Å²) in [5.41, 5.74) is 12.5. The molecular weight excluding hydrogens is 374 g/mol. The van der Waals surface area contributed by atoms with Crippen LogP contribution in [0.25, 0.3) is 0 Å². The van der Waals surface area contributed by atoms with Crippen LogP contribution in [-0.2, 0) is 12.0 Å². The van der Waals surface area contributed by atoms with Crippen LogP contribution in [-0.4, -0.2) is 12.1 Å². The maximum absolute atomic E-state index is 12.1. The zero-order chi connectivity index (χ0) is 21.6. The van der Waals surface area contributed by atoms with E-state index in [9.17, 15) is 4.79 Å². The summed E-state index contributed by atoms with van der Waals surface area (Å²) in [5.74, 6) is 0.426. The molecular formula is C25H27N3O2. The van der Waals surface area contributed by atoms with Gasteiger partial charge in [0.15, 0.2) is 0 Å². The number of nitrogen functional groups attached to an aromatic ring is 1. The number of rotatable bonds is 6. The Morgan fingerprint density at radius 2 is 1.67 bits per heavy atom. The number of nitrogens with one attached hydrogen (secondary N) is 1. The minimum Gasteiger partial charge on any atom is -0.489 e. The Hall–Kier alpha value is -3.60. The number of nitrogens with zero attached hydrogens (tertiary/aromatic N) is 1. The monoisotopic (exact) mass is 401 g/mol. The van der Waals surface area contributed by atoms with Crippen LogP contribution in [0.1, 0.15) is 47.8 Å². The predicted molar refractivity (Wildman–Crippen MR) is 122 cm³/mol. The summed E-state index contributed by atoms with van der Waals surface area (Å²) in [6, 6.07) is 22.9. The van der Waals surface area contributed by atoms with Crippen molar-refractivity contribution < 1.29 is 9.53 Å². The second-order valence-corrected chi connectivity index (χ2v) is 8.09. The maximum atomic E-state index is 12.1. The number of carbonyl (C=O) groups is 1. The summed E-state index contributed by atoms with van der Waals surface area (Å²) in [4.78, 5) is 12.1. The minimum atomic E-state index is -0.346. The second kappa shape index (κ2) is 9.27. The molecule has 3 aromatic carbocycles. The zero-order valence-electron chi connectivity index (χ0n) is 17.6. The summed E-state index contributed by atoms with van der Waals surface area (Å²) < 4.78 is 5.86. The van der Waals surface area contributed by atoms with E-state index in [1.54, 1.807) is 30.5 Å². The van der Waals surface area contributed by atoms with Crippen LogP contribution in [0.15, 0.2) is 77.9 Å². The van der Waals surface area contributed by atoms with Crippen molar-refractivity contribution in [1.29, 1.82) is 0 Å². The number of hydrogen-bond donors (Lipinski definition) is 2. The highest BCUT2D eigenvalue weighted by atomic mass is 16.5. The maximum Gasteiger partial charge on any atom is 0.273 e. The van der Waals surface area contributed by atoms with Crippen molar-refractivity contribution in [2.24, 2.45) is 5.10 Å². The molecule has 0 heterocycles. The van der Waals surface area contributed by atoms with Crippen LogP contribution in [0.3, 0.4) is 0 Å². The first-order chi connectivity index (χ1) is 14.3. The average molecular weight is 402 g/mol. The number of amides is 1. The fourth-order valence-corrected chi connectivity index (χ4v) is 2.85. The van der Waals surface area contributed by atoms with Gasteiger partial charge in [-0.3, -0.25) is 4.79 Å². The molecule has 154 valence electrons. The highest BCUT2D eigenvalue weighted by Gasteiger charge is 2.12. The number of para-hydroxylation sites is 1. The van der Waals surface area contributed by atoms with Crippen LogP contribution in [0.4, 0.5) is 5.69 Å². The summed E-state index contributed by atoms with van der Waals surface area (Å²) in [7, 11) is 0. The molecule has 0 spiro atoms. The van der Waals surface area contributed by atoms with Crippen molar-refractivity contribution >= 4 is 17.8 Å². The van der Waals surface area contributed by atoms with Crippen LogP contribution >= 0.6 is 0 Å². The van der Waals surface area contributed by atoms with Crippen molar-refractivity contribution in [1.82, 2.24) is 5.43 Å². The van der Waals surface area contributed by atoms with Gasteiger partial charge < -0.3 is 10.5 Å². The molecule has 5 heteroatoms. The topological polar surface area (TPSA) is 76.7 Å². The lowest BCUT2D eigenvalue weighted by Gasteiger charge is -2.19. The molecule has 30 heavy (non-hydrogen) atoms. The fourth-order valence-electron chi connectivity index (χ4n) is 2.85. The first-order valence-electron chi connectivity index (χ1n) is 9.83. The van der Waals surface area contributed by atoms with Gasteiger partial charge in [0.25, 0.3) is 5.91 Å². The Morgan fingerprint density at radius 1 is 1.00 bits per heavy atom. The molecule has 0 radical (unpaired) electrons. The van der Waals surface area contributed by atoms with Gasteiger partial charge >= 0.3 is 0 Å². The molecule has 0 saturated carbocycles. The highest BCUT2D eigenvalue weighted by molar-refractivity contribution is 5.99. The molecule has 0 aliphatic rings. The third-order valence-electron chi connectivity index (χ3n) is 4.69. The summed E-state index contributed by atoms with van der Waals surface area (Å²) in [5, 5.41) is 3.99. The van der Waals surface area contributed by atoms with E-state index in [1.807, 2.05) is 24.3 Å². The Kier molecular flexibility index (Phi) is 6.52. The Morgan fingerprint density at radius 3 is 2.30 bits per heavy atom. The van der Waals surface area contributed by atoms with Gasteiger partial charge in [0.2, 0.25) is 0 Å². The normalized spacial score (nSPS) is 11.4. The molecule has 3 N–H and O–H groups in total. The molecule has 0 aliphatic heterocycles. The smallest absolute Gasteiger partial charge is 0.273 e. The standard InChI is InChI=1S/C25H27N3O2/c1-25(2,3)20-12-8-19(9-13-20)17-30-21-14-10-18(11-15-21)16-27-28-24(29)22-6-4-5-7-23(22)26/h4-16H,17,26H2,1-3H3,(H,28,29)/b27-16+. The van der Waals surface area contributed by atoms with Gasteiger partial charge in [-0.2, -0.15) is 5.10 Å². The number of nitrogens with two attached hydrogens (primary N) is 1. The van der Waals surface area contributed by atoms with Crippen molar-refractivity contribution in [3.63, 3.8) is 0 Å². The first kappa shape index (κ1) is 21.1. The Bertz CT molecular complexity index is 1020. The van der Waals surface area contributed by atoms with Crippen molar-refractivity contribution in [3.05, 3.63) is 95.1 Å². The first-order valence-corrected chi connectivity index (χ1v) is 9.83. The van der Waals surface area contributed by atoms with Gasteiger partial charge in [0.05, 0.1) is 11.8 Å². The van der Waals surface area contributed by atoms with Crippen molar-refractivity contribution in [3.8, 4) is 5.75 Å². The van der Waals surface area contributed by atoms with Gasteiger partial charge in [-0.05, 0) is 58.5 Å². The minimum absolute atomic E-state index is 0.143. The Balaban J connectivity index is 1.52. The SMILES string of the molecule is CC(C)(C)c1ccc(COc2ccc(/C=N/NC(=O)c3ccccc3N)cc2)cc1. The lowest BCUT2D eigenvalue weighted by molar-refractivity contribution is 0.0956. The fraction of sp³-hybridized carbons (Fsp3) is 0.200. The van der Waals surface area contributed by atoms with Crippen LogP contribution in [0.5, 0.6) is 5.75 Å². The largest absolute Gasteiger partial charge is 0.489 e. The molecule has 0 bridgehead atoms. The van der Waals surface area contributed by atoms with Gasteiger partial charge in [0, 0.05) is 5.69 Å². The number of anilines is 1. The quantitative estimate of drug-likeness (QED) is 0.350. The third-order valence-corrected chi connectivity index (χ3v) is 4.69. The van der Waals surface area contributed by atoms with E-state index in [-0.39, 0.29) is 11.3 Å². The van der Waals surface area contributed by atoms with E-state index in [2.05, 4.69) is 55.6 Å². The molecule has 0 fully saturated rings. The molecule has 5 nitrogen and oxygen atoms in total. The molecule has 1 amide bonds. The number of hydrazone groups is 1. The van der Waals surface area contributed by atoms with E-state index in [4.69, 9.17) is 10.5 Å². The van der Waals surface area contributed by atoms with Gasteiger partial charge in [-0.15, -0.1) is 0 Å². The molecule has 3 aromatic rings. The average Bonchev–Trinajstić information content (AvgIpc) is 2.73. The highest BCUT2D eigenvalue weighted by Crippen LogP contribution is 2.22. The molecule has 0 aromatic heterocycles. The lowest BCUT2D eigenvalue weighted by Crippen LogP contribution is -2.18. The number of ether oxygens (including phenoxy) is 1. The van der Waals surface area contributed by atoms with Gasteiger partial charge in [-0.1, -0.05) is 57.2 Å². The van der Waals surface area contributed by atoms with Crippen LogP contribution in [0.2, 0.25) is 0 Å². The summed E-state index contributed by atoms with van der Waals surface area (Å²) in [6.45, 7) is 7.11. The van der Waals surface area contributed by atoms with E-state index >= 15 is 0 Å². The van der Waals surface area contributed by atoms with Crippen LogP contribution < -0.4 is 15.9 Å².